The predicted octanol–water partition coefficient (Wildman–Crippen LogP) is 2.21. The lowest BCUT2D eigenvalue weighted by atomic mass is 9.86. The number of rotatable bonds is 2. The van der Waals surface area contributed by atoms with E-state index in [0.29, 0.717) is 6.54 Å². The number of ether oxygens (including phenoxy) is 1. The van der Waals surface area contributed by atoms with Crippen molar-refractivity contribution in [1.29, 1.82) is 0 Å². The molecule has 0 aromatic carbocycles. The fraction of sp³-hybridized carbons (Fsp3) is 0.846. The molecule has 5 nitrogen and oxygen atoms in total. The Kier molecular flexibility index (Phi) is 4.24. The number of aliphatic carboxylic acids is 1. The van der Waals surface area contributed by atoms with Crippen molar-refractivity contribution in [3.63, 3.8) is 0 Å². The summed E-state index contributed by atoms with van der Waals surface area (Å²) in [5.74, 6) is -1.09. The summed E-state index contributed by atoms with van der Waals surface area (Å²) in [6.45, 7) is 10.1. The molecule has 0 spiro atoms. The molecule has 0 aliphatic carbocycles. The van der Waals surface area contributed by atoms with Gasteiger partial charge in [-0.1, -0.05) is 13.8 Å². The Balaban J connectivity index is 2.72. The van der Waals surface area contributed by atoms with Gasteiger partial charge in [-0.3, -0.25) is 4.79 Å². The largest absolute Gasteiger partial charge is 0.481 e. The monoisotopic (exact) mass is 257 g/mol. The van der Waals surface area contributed by atoms with Gasteiger partial charge in [0, 0.05) is 13.1 Å². The minimum Gasteiger partial charge on any atom is -0.481 e. The summed E-state index contributed by atoms with van der Waals surface area (Å²) in [7, 11) is 0. The minimum absolute atomic E-state index is 0.00461. The van der Waals surface area contributed by atoms with Gasteiger partial charge in [-0.25, -0.2) is 4.79 Å². The average Bonchev–Trinajstić information content (AvgIpc) is 2.58. The van der Waals surface area contributed by atoms with Gasteiger partial charge < -0.3 is 14.7 Å². The number of hydrogen-bond donors (Lipinski definition) is 1. The molecular formula is C13H23NO4. The van der Waals surface area contributed by atoms with Gasteiger partial charge in [0.05, 0.1) is 5.92 Å². The molecule has 0 unspecified atom stereocenters. The van der Waals surface area contributed by atoms with E-state index in [1.54, 1.807) is 20.8 Å². The van der Waals surface area contributed by atoms with E-state index < -0.39 is 23.6 Å². The Morgan fingerprint density at radius 3 is 2.17 bits per heavy atom. The molecule has 1 N–H and O–H groups in total. The van der Waals surface area contributed by atoms with Gasteiger partial charge in [-0.15, -0.1) is 0 Å². The Morgan fingerprint density at radius 1 is 1.28 bits per heavy atom. The number of carbonyl (C=O) groups is 2. The van der Waals surface area contributed by atoms with Crippen LogP contribution in [0.4, 0.5) is 4.79 Å². The van der Waals surface area contributed by atoms with Crippen LogP contribution < -0.4 is 0 Å². The molecule has 0 radical (unpaired) electrons. The summed E-state index contributed by atoms with van der Waals surface area (Å²) in [6, 6.07) is 0. The first-order valence-corrected chi connectivity index (χ1v) is 6.32. The molecule has 1 rings (SSSR count). The Hall–Kier alpha value is -1.26. The molecule has 1 aliphatic heterocycles. The molecule has 104 valence electrons. The quantitative estimate of drug-likeness (QED) is 0.823. The normalized spacial score (nSPS) is 24.4. The summed E-state index contributed by atoms with van der Waals surface area (Å²) in [5, 5.41) is 9.19. The minimum atomic E-state index is -0.834. The van der Waals surface area contributed by atoms with E-state index in [0.717, 1.165) is 0 Å². The van der Waals surface area contributed by atoms with E-state index in [-0.39, 0.29) is 18.4 Å². The highest BCUT2D eigenvalue weighted by Gasteiger charge is 2.42. The zero-order valence-electron chi connectivity index (χ0n) is 11.8. The Morgan fingerprint density at radius 2 is 1.83 bits per heavy atom. The van der Waals surface area contributed by atoms with E-state index in [9.17, 15) is 14.7 Å². The highest BCUT2D eigenvalue weighted by atomic mass is 16.6. The predicted molar refractivity (Wildman–Crippen MR) is 67.3 cm³/mol. The highest BCUT2D eigenvalue weighted by molar-refractivity contribution is 5.74. The molecule has 0 bridgehead atoms. The molecule has 0 aromatic rings. The van der Waals surface area contributed by atoms with Crippen LogP contribution in [-0.4, -0.2) is 40.8 Å². The SMILES string of the molecule is CC(C)[C@@H]1CN(C(=O)OC(C)(C)C)C[C@H]1C(=O)O. The molecular weight excluding hydrogens is 234 g/mol. The van der Waals surface area contributed by atoms with Crippen molar-refractivity contribution in [1.82, 2.24) is 4.90 Å². The molecule has 18 heavy (non-hydrogen) atoms. The van der Waals surface area contributed by atoms with E-state index in [4.69, 9.17) is 4.74 Å². The van der Waals surface area contributed by atoms with Gasteiger partial charge in [0.1, 0.15) is 5.60 Å². The lowest BCUT2D eigenvalue weighted by Gasteiger charge is -2.24. The second kappa shape index (κ2) is 5.16. The third-order valence-corrected chi connectivity index (χ3v) is 3.19. The number of nitrogens with zero attached hydrogens (tertiary/aromatic N) is 1. The molecule has 1 heterocycles. The number of hydrogen-bond acceptors (Lipinski definition) is 3. The smallest absolute Gasteiger partial charge is 0.410 e. The van der Waals surface area contributed by atoms with Gasteiger partial charge in [0.2, 0.25) is 0 Å². The maximum atomic E-state index is 11.9. The van der Waals surface area contributed by atoms with Crippen LogP contribution in [0.2, 0.25) is 0 Å². The molecule has 1 amide bonds. The lowest BCUT2D eigenvalue weighted by molar-refractivity contribution is -0.142. The van der Waals surface area contributed by atoms with Crippen molar-refractivity contribution >= 4 is 12.1 Å². The Bertz CT molecular complexity index is 332. The van der Waals surface area contributed by atoms with Crippen LogP contribution in [0.3, 0.4) is 0 Å². The van der Waals surface area contributed by atoms with E-state index in [2.05, 4.69) is 0 Å². The van der Waals surface area contributed by atoms with Gasteiger partial charge in [-0.05, 0) is 32.6 Å². The first-order valence-electron chi connectivity index (χ1n) is 6.32. The summed E-state index contributed by atoms with van der Waals surface area (Å²) >= 11 is 0. The van der Waals surface area contributed by atoms with Crippen molar-refractivity contribution in [2.45, 2.75) is 40.2 Å². The van der Waals surface area contributed by atoms with Crippen molar-refractivity contribution in [3.8, 4) is 0 Å². The number of carbonyl (C=O) groups excluding carboxylic acids is 1. The fourth-order valence-corrected chi connectivity index (χ4v) is 2.24. The maximum absolute atomic E-state index is 11.9. The topological polar surface area (TPSA) is 66.8 Å². The molecule has 1 saturated heterocycles. The van der Waals surface area contributed by atoms with E-state index >= 15 is 0 Å². The van der Waals surface area contributed by atoms with Crippen molar-refractivity contribution in [2.24, 2.45) is 17.8 Å². The van der Waals surface area contributed by atoms with Crippen molar-refractivity contribution < 1.29 is 19.4 Å². The molecule has 1 aliphatic rings. The number of carboxylic acids is 1. The summed E-state index contributed by atoms with van der Waals surface area (Å²) < 4.78 is 5.27. The molecule has 2 atom stereocenters. The maximum Gasteiger partial charge on any atom is 0.410 e. The van der Waals surface area contributed by atoms with Crippen LogP contribution >= 0.6 is 0 Å². The second-order valence-electron chi connectivity index (χ2n) is 6.24. The second-order valence-corrected chi connectivity index (χ2v) is 6.24. The van der Waals surface area contributed by atoms with E-state index in [1.165, 1.54) is 4.90 Å². The first-order chi connectivity index (χ1) is 8.11. The molecule has 5 heteroatoms. The number of carboxylic acid groups (broad SMARTS) is 1. The third kappa shape index (κ3) is 3.62. The van der Waals surface area contributed by atoms with Gasteiger partial charge in [0.15, 0.2) is 0 Å². The molecule has 0 aromatic heterocycles. The van der Waals surface area contributed by atoms with Crippen LogP contribution in [-0.2, 0) is 9.53 Å². The lowest BCUT2D eigenvalue weighted by Crippen LogP contribution is -2.36. The Labute approximate surface area is 108 Å². The van der Waals surface area contributed by atoms with Crippen molar-refractivity contribution in [3.05, 3.63) is 0 Å². The van der Waals surface area contributed by atoms with Crippen LogP contribution in [0.5, 0.6) is 0 Å². The summed E-state index contributed by atoms with van der Waals surface area (Å²) in [5.41, 5.74) is -0.550. The highest BCUT2D eigenvalue weighted by Crippen LogP contribution is 2.30. The van der Waals surface area contributed by atoms with Gasteiger partial charge >= 0.3 is 12.1 Å². The summed E-state index contributed by atoms with van der Waals surface area (Å²) in [6.07, 6.45) is -0.420. The zero-order chi connectivity index (χ0) is 14.1. The number of likely N-dealkylation sites (tertiary alicyclic amines) is 1. The van der Waals surface area contributed by atoms with Crippen LogP contribution in [0.1, 0.15) is 34.6 Å². The van der Waals surface area contributed by atoms with Gasteiger partial charge in [-0.2, -0.15) is 0 Å². The van der Waals surface area contributed by atoms with Crippen LogP contribution in [0.15, 0.2) is 0 Å². The average molecular weight is 257 g/mol. The molecule has 0 saturated carbocycles. The standard InChI is InChI=1S/C13H23NO4/c1-8(2)9-6-14(7-10(9)11(15)16)12(17)18-13(3,4)5/h8-10H,6-7H2,1-5H3,(H,15,16)/t9-,10+/m0/s1. The van der Waals surface area contributed by atoms with Crippen LogP contribution in [0, 0.1) is 17.8 Å². The summed E-state index contributed by atoms with van der Waals surface area (Å²) in [4.78, 5) is 24.6. The van der Waals surface area contributed by atoms with Crippen LogP contribution in [0.25, 0.3) is 0 Å². The molecule has 1 fully saturated rings. The third-order valence-electron chi connectivity index (χ3n) is 3.19. The number of amides is 1. The zero-order valence-corrected chi connectivity index (χ0v) is 11.8. The van der Waals surface area contributed by atoms with Crippen molar-refractivity contribution in [2.75, 3.05) is 13.1 Å². The van der Waals surface area contributed by atoms with Gasteiger partial charge in [0.25, 0.3) is 0 Å². The van der Waals surface area contributed by atoms with E-state index in [1.807, 2.05) is 13.8 Å². The fourth-order valence-electron chi connectivity index (χ4n) is 2.24. The first kappa shape index (κ1) is 14.8.